The first kappa shape index (κ1) is 18.6. The molecule has 1 aliphatic heterocycles. The molecule has 1 aliphatic rings. The fourth-order valence-corrected chi connectivity index (χ4v) is 4.69. The van der Waals surface area contributed by atoms with Crippen molar-refractivity contribution in [3.05, 3.63) is 65.7 Å². The van der Waals surface area contributed by atoms with Gasteiger partial charge < -0.3 is 0 Å². The summed E-state index contributed by atoms with van der Waals surface area (Å²) in [5.41, 5.74) is 2.20. The molecule has 6 heteroatoms. The third-order valence-electron chi connectivity index (χ3n) is 4.85. The number of rotatable bonds is 5. The van der Waals surface area contributed by atoms with Crippen molar-refractivity contribution in [3.63, 3.8) is 0 Å². The van der Waals surface area contributed by atoms with Crippen LogP contribution >= 0.6 is 0 Å². The van der Waals surface area contributed by atoms with E-state index in [0.29, 0.717) is 31.1 Å². The first-order chi connectivity index (χ1) is 12.6. The lowest BCUT2D eigenvalue weighted by atomic mass is 10.0. The predicted molar refractivity (Wildman–Crippen MR) is 101 cm³/mol. The van der Waals surface area contributed by atoms with Crippen molar-refractivity contribution in [1.82, 2.24) is 9.21 Å². The summed E-state index contributed by atoms with van der Waals surface area (Å²) in [6.07, 6.45) is 0.966. The number of aryl methyl sites for hydroxylation is 1. The van der Waals surface area contributed by atoms with Crippen LogP contribution in [0.5, 0.6) is 0 Å². The fourth-order valence-electron chi connectivity index (χ4n) is 3.25. The highest BCUT2D eigenvalue weighted by molar-refractivity contribution is 7.89. The van der Waals surface area contributed by atoms with Crippen molar-refractivity contribution in [2.45, 2.75) is 24.3 Å². The highest BCUT2D eigenvalue weighted by atomic mass is 32.2. The standard InChI is InChI=1S/C20H23N3O2S/c1-2-17-8-10-18(11-9-17)20(16-21)22-12-14-23(15-13-22)26(24,25)19-6-4-3-5-7-19/h3-11,20H,2,12-15H2,1H3. The van der Waals surface area contributed by atoms with Crippen molar-refractivity contribution in [2.24, 2.45) is 0 Å². The van der Waals surface area contributed by atoms with Crippen LogP contribution in [0, 0.1) is 11.3 Å². The SMILES string of the molecule is CCc1ccc(C(C#N)N2CCN(S(=O)(=O)c3ccccc3)CC2)cc1. The van der Waals surface area contributed by atoms with Crippen LogP contribution in [0.1, 0.15) is 24.1 Å². The maximum atomic E-state index is 12.7. The Morgan fingerprint density at radius 3 is 2.15 bits per heavy atom. The Morgan fingerprint density at radius 1 is 1.00 bits per heavy atom. The molecule has 0 radical (unpaired) electrons. The van der Waals surface area contributed by atoms with Gasteiger partial charge in [0.2, 0.25) is 10.0 Å². The van der Waals surface area contributed by atoms with E-state index in [9.17, 15) is 13.7 Å². The molecule has 0 aliphatic carbocycles. The van der Waals surface area contributed by atoms with Gasteiger partial charge in [0.05, 0.1) is 11.0 Å². The van der Waals surface area contributed by atoms with Crippen LogP contribution in [-0.4, -0.2) is 43.8 Å². The van der Waals surface area contributed by atoms with Crippen molar-refractivity contribution in [3.8, 4) is 6.07 Å². The van der Waals surface area contributed by atoms with E-state index in [1.165, 1.54) is 9.87 Å². The molecule has 0 bridgehead atoms. The minimum atomic E-state index is -3.47. The van der Waals surface area contributed by atoms with E-state index in [-0.39, 0.29) is 6.04 Å². The molecule has 1 atom stereocenters. The molecule has 1 heterocycles. The molecule has 0 aromatic heterocycles. The zero-order valence-corrected chi connectivity index (χ0v) is 15.7. The minimum Gasteiger partial charge on any atom is -0.282 e. The monoisotopic (exact) mass is 369 g/mol. The quantitative estimate of drug-likeness (QED) is 0.813. The molecule has 0 N–H and O–H groups in total. The summed E-state index contributed by atoms with van der Waals surface area (Å²) in [7, 11) is -3.47. The molecule has 3 rings (SSSR count). The molecule has 0 saturated carbocycles. The van der Waals surface area contributed by atoms with Gasteiger partial charge in [-0.15, -0.1) is 0 Å². The lowest BCUT2D eigenvalue weighted by Crippen LogP contribution is -2.49. The Kier molecular flexibility index (Phi) is 5.72. The molecule has 26 heavy (non-hydrogen) atoms. The van der Waals surface area contributed by atoms with Crippen LogP contribution < -0.4 is 0 Å². The van der Waals surface area contributed by atoms with Gasteiger partial charge in [-0.3, -0.25) is 4.90 Å². The maximum Gasteiger partial charge on any atom is 0.243 e. The second-order valence-electron chi connectivity index (χ2n) is 6.38. The average Bonchev–Trinajstić information content (AvgIpc) is 2.70. The van der Waals surface area contributed by atoms with Crippen molar-refractivity contribution in [2.75, 3.05) is 26.2 Å². The lowest BCUT2D eigenvalue weighted by Gasteiger charge is -2.36. The number of hydrogen-bond donors (Lipinski definition) is 0. The maximum absolute atomic E-state index is 12.7. The molecule has 136 valence electrons. The van der Waals surface area contributed by atoms with Crippen LogP contribution in [0.2, 0.25) is 0 Å². The molecule has 0 spiro atoms. The van der Waals surface area contributed by atoms with E-state index in [2.05, 4.69) is 30.0 Å². The van der Waals surface area contributed by atoms with Crippen molar-refractivity contribution in [1.29, 1.82) is 5.26 Å². The normalized spacial score (nSPS) is 17.5. The molecular weight excluding hydrogens is 346 g/mol. The molecule has 2 aromatic rings. The Morgan fingerprint density at radius 2 is 1.62 bits per heavy atom. The lowest BCUT2D eigenvalue weighted by molar-refractivity contribution is 0.162. The molecular formula is C20H23N3O2S. The first-order valence-electron chi connectivity index (χ1n) is 8.84. The van der Waals surface area contributed by atoms with Gasteiger partial charge in [0, 0.05) is 26.2 Å². The van der Waals surface area contributed by atoms with Crippen LogP contribution in [0.25, 0.3) is 0 Å². The topological polar surface area (TPSA) is 64.4 Å². The Balaban J connectivity index is 1.70. The van der Waals surface area contributed by atoms with E-state index >= 15 is 0 Å². The molecule has 5 nitrogen and oxygen atoms in total. The van der Waals surface area contributed by atoms with E-state index < -0.39 is 10.0 Å². The Hall–Kier alpha value is -2.20. The van der Waals surface area contributed by atoms with Gasteiger partial charge in [0.15, 0.2) is 0 Å². The van der Waals surface area contributed by atoms with E-state index in [0.717, 1.165) is 12.0 Å². The molecule has 1 fully saturated rings. The van der Waals surface area contributed by atoms with E-state index in [1.54, 1.807) is 30.3 Å². The largest absolute Gasteiger partial charge is 0.282 e. The minimum absolute atomic E-state index is 0.320. The highest BCUT2D eigenvalue weighted by Gasteiger charge is 2.31. The van der Waals surface area contributed by atoms with Gasteiger partial charge in [0.1, 0.15) is 6.04 Å². The van der Waals surface area contributed by atoms with Crippen molar-refractivity contribution >= 4 is 10.0 Å². The molecule has 0 amide bonds. The summed E-state index contributed by atoms with van der Waals surface area (Å²) in [5.74, 6) is 0. The summed E-state index contributed by atoms with van der Waals surface area (Å²) in [4.78, 5) is 2.37. The van der Waals surface area contributed by atoms with Crippen LogP contribution in [0.15, 0.2) is 59.5 Å². The number of hydrogen-bond acceptors (Lipinski definition) is 4. The van der Waals surface area contributed by atoms with Gasteiger partial charge in [-0.05, 0) is 29.7 Å². The van der Waals surface area contributed by atoms with Crippen LogP contribution in [-0.2, 0) is 16.4 Å². The second kappa shape index (κ2) is 8.00. The summed E-state index contributed by atoms with van der Waals surface area (Å²) < 4.78 is 26.9. The summed E-state index contributed by atoms with van der Waals surface area (Å²) in [5, 5.41) is 9.64. The fraction of sp³-hybridized carbons (Fsp3) is 0.350. The van der Waals surface area contributed by atoms with Crippen LogP contribution in [0.4, 0.5) is 0 Å². The Labute approximate surface area is 155 Å². The highest BCUT2D eigenvalue weighted by Crippen LogP contribution is 2.24. The van der Waals surface area contributed by atoms with Crippen molar-refractivity contribution < 1.29 is 8.42 Å². The number of benzene rings is 2. The van der Waals surface area contributed by atoms with Gasteiger partial charge in [0.25, 0.3) is 0 Å². The van der Waals surface area contributed by atoms with Gasteiger partial charge in [-0.1, -0.05) is 49.4 Å². The third kappa shape index (κ3) is 3.80. The van der Waals surface area contributed by atoms with E-state index in [1.807, 2.05) is 12.1 Å². The molecule has 1 unspecified atom stereocenters. The Bertz CT molecular complexity index is 866. The predicted octanol–water partition coefficient (Wildman–Crippen LogP) is 2.82. The number of nitriles is 1. The first-order valence-corrected chi connectivity index (χ1v) is 10.3. The summed E-state index contributed by atoms with van der Waals surface area (Å²) >= 11 is 0. The van der Waals surface area contributed by atoms with Gasteiger partial charge >= 0.3 is 0 Å². The molecule has 1 saturated heterocycles. The summed E-state index contributed by atoms with van der Waals surface area (Å²) in [6.45, 7) is 3.97. The van der Waals surface area contributed by atoms with Crippen LogP contribution in [0.3, 0.4) is 0 Å². The molecule has 2 aromatic carbocycles. The number of sulfonamides is 1. The summed E-state index contributed by atoms with van der Waals surface area (Å²) in [6, 6.07) is 18.6. The zero-order valence-electron chi connectivity index (χ0n) is 14.9. The zero-order chi connectivity index (χ0) is 18.6. The third-order valence-corrected chi connectivity index (χ3v) is 6.76. The number of nitrogens with zero attached hydrogens (tertiary/aromatic N) is 3. The number of piperazine rings is 1. The second-order valence-corrected chi connectivity index (χ2v) is 8.32. The van der Waals surface area contributed by atoms with Gasteiger partial charge in [-0.2, -0.15) is 9.57 Å². The van der Waals surface area contributed by atoms with Gasteiger partial charge in [-0.25, -0.2) is 8.42 Å². The van der Waals surface area contributed by atoms with E-state index in [4.69, 9.17) is 0 Å². The smallest absolute Gasteiger partial charge is 0.243 e. The average molecular weight is 369 g/mol.